The van der Waals surface area contributed by atoms with Crippen LogP contribution in [0.4, 0.5) is 4.39 Å². The van der Waals surface area contributed by atoms with Crippen LogP contribution in [0, 0.1) is 19.7 Å². The second kappa shape index (κ2) is 9.44. The van der Waals surface area contributed by atoms with Gasteiger partial charge in [-0.25, -0.2) is 12.8 Å². The first-order valence-electron chi connectivity index (χ1n) is 10.9. The third-order valence-corrected chi connectivity index (χ3v) is 7.99. The number of nitrogens with zero attached hydrogens (tertiary/aromatic N) is 3. The fourth-order valence-corrected chi connectivity index (χ4v) is 5.88. The summed E-state index contributed by atoms with van der Waals surface area (Å²) in [4.78, 5) is 13.0. The van der Waals surface area contributed by atoms with Crippen LogP contribution >= 0.6 is 0 Å². The molecule has 0 spiro atoms. The van der Waals surface area contributed by atoms with E-state index in [9.17, 15) is 17.6 Å². The van der Waals surface area contributed by atoms with Gasteiger partial charge in [-0.1, -0.05) is 30.3 Å². The molecule has 0 aliphatic carbocycles. The van der Waals surface area contributed by atoms with Crippen LogP contribution in [0.5, 0.6) is 0 Å². The molecule has 0 radical (unpaired) electrons. The quantitative estimate of drug-likeness (QED) is 0.575. The number of nitrogens with one attached hydrogen (secondary N) is 1. The van der Waals surface area contributed by atoms with Crippen molar-refractivity contribution < 1.29 is 17.6 Å². The van der Waals surface area contributed by atoms with Crippen LogP contribution in [0.1, 0.15) is 35.4 Å². The maximum Gasteiger partial charge on any atom is 0.243 e. The summed E-state index contributed by atoms with van der Waals surface area (Å²) in [6, 6.07) is 13.9. The van der Waals surface area contributed by atoms with Crippen LogP contribution in [0.15, 0.2) is 59.5 Å². The maximum absolute atomic E-state index is 13.2. The summed E-state index contributed by atoms with van der Waals surface area (Å²) < 4.78 is 42.4. The summed E-state index contributed by atoms with van der Waals surface area (Å²) in [7, 11) is -3.89. The molecule has 1 atom stereocenters. The van der Waals surface area contributed by atoms with Crippen molar-refractivity contribution in [3.63, 3.8) is 0 Å². The lowest BCUT2D eigenvalue weighted by Crippen LogP contribution is -2.45. The predicted molar refractivity (Wildman–Crippen MR) is 122 cm³/mol. The van der Waals surface area contributed by atoms with Gasteiger partial charge in [-0.15, -0.1) is 0 Å². The Balaban J connectivity index is 1.46. The number of carbonyl (C=O) groups excluding carboxylic acids is 1. The van der Waals surface area contributed by atoms with E-state index in [1.54, 1.807) is 0 Å². The molecule has 1 amide bonds. The van der Waals surface area contributed by atoms with E-state index in [1.165, 1.54) is 16.4 Å². The fraction of sp³-hybridized carbons (Fsp3) is 0.333. The Hall–Kier alpha value is -3.04. The molecule has 0 bridgehead atoms. The smallest absolute Gasteiger partial charge is 0.243 e. The van der Waals surface area contributed by atoms with E-state index in [0.717, 1.165) is 34.6 Å². The Morgan fingerprint density at radius 3 is 2.52 bits per heavy atom. The Morgan fingerprint density at radius 1 is 1.12 bits per heavy atom. The van der Waals surface area contributed by atoms with Gasteiger partial charge < -0.3 is 5.32 Å². The predicted octanol–water partition coefficient (Wildman–Crippen LogP) is 3.16. The van der Waals surface area contributed by atoms with Crippen LogP contribution in [-0.4, -0.2) is 41.0 Å². The Kier molecular flexibility index (Phi) is 6.62. The van der Waals surface area contributed by atoms with Gasteiger partial charge in [-0.3, -0.25) is 9.48 Å². The monoisotopic (exact) mass is 470 g/mol. The molecule has 1 aliphatic heterocycles. The van der Waals surface area contributed by atoms with Crippen molar-refractivity contribution in [2.75, 3.05) is 6.54 Å². The largest absolute Gasteiger partial charge is 0.350 e. The van der Waals surface area contributed by atoms with E-state index < -0.39 is 21.9 Å². The summed E-state index contributed by atoms with van der Waals surface area (Å²) in [5.41, 5.74) is 3.83. The standard InChI is InChI=1S/C24H27FN4O3S/c1-17-22(18(2)28(27-17)16-19-7-4-3-5-8-19)15-26-24(30)23-9-6-14-29(23)33(31,32)21-12-10-20(25)11-13-21/h3-5,7-8,10-13,23H,6,9,14-16H2,1-2H3,(H,26,30)/t23-/m1/s1. The highest BCUT2D eigenvalue weighted by molar-refractivity contribution is 7.89. The summed E-state index contributed by atoms with van der Waals surface area (Å²) >= 11 is 0. The topological polar surface area (TPSA) is 84.3 Å². The van der Waals surface area contributed by atoms with Crippen molar-refractivity contribution in [2.24, 2.45) is 0 Å². The zero-order valence-electron chi connectivity index (χ0n) is 18.7. The first-order valence-corrected chi connectivity index (χ1v) is 12.3. The van der Waals surface area contributed by atoms with Crippen LogP contribution in [-0.2, 0) is 27.9 Å². The molecule has 0 unspecified atom stereocenters. The van der Waals surface area contributed by atoms with Gasteiger partial charge in [0.05, 0.1) is 17.1 Å². The molecule has 2 aromatic carbocycles. The van der Waals surface area contributed by atoms with Gasteiger partial charge in [-0.05, 0) is 56.5 Å². The second-order valence-electron chi connectivity index (χ2n) is 8.24. The number of halogens is 1. The van der Waals surface area contributed by atoms with Gasteiger partial charge in [-0.2, -0.15) is 9.40 Å². The third-order valence-electron chi connectivity index (χ3n) is 6.07. The van der Waals surface area contributed by atoms with E-state index in [-0.39, 0.29) is 23.9 Å². The van der Waals surface area contributed by atoms with E-state index in [0.29, 0.717) is 19.4 Å². The molecule has 9 heteroatoms. The van der Waals surface area contributed by atoms with Crippen LogP contribution in [0.25, 0.3) is 0 Å². The van der Waals surface area contributed by atoms with Gasteiger partial charge in [0.2, 0.25) is 15.9 Å². The van der Waals surface area contributed by atoms with E-state index in [4.69, 9.17) is 0 Å². The highest BCUT2D eigenvalue weighted by atomic mass is 32.2. The van der Waals surface area contributed by atoms with Crippen molar-refractivity contribution >= 4 is 15.9 Å². The van der Waals surface area contributed by atoms with E-state index in [1.807, 2.05) is 48.9 Å². The molecular formula is C24H27FN4O3S. The number of carbonyl (C=O) groups is 1. The second-order valence-corrected chi connectivity index (χ2v) is 10.1. The number of rotatable bonds is 7. The number of aromatic nitrogens is 2. The molecule has 174 valence electrons. The minimum absolute atomic E-state index is 0.0162. The van der Waals surface area contributed by atoms with Crippen LogP contribution in [0.3, 0.4) is 0 Å². The lowest BCUT2D eigenvalue weighted by molar-refractivity contribution is -0.124. The molecule has 7 nitrogen and oxygen atoms in total. The average Bonchev–Trinajstić information content (AvgIpc) is 3.39. The first-order chi connectivity index (χ1) is 15.8. The van der Waals surface area contributed by atoms with Crippen LogP contribution in [0.2, 0.25) is 0 Å². The van der Waals surface area contributed by atoms with Gasteiger partial charge in [0, 0.05) is 24.3 Å². The zero-order valence-corrected chi connectivity index (χ0v) is 19.5. The number of benzene rings is 2. The number of hydrogen-bond donors (Lipinski definition) is 1. The molecule has 1 saturated heterocycles. The summed E-state index contributed by atoms with van der Waals surface area (Å²) in [5, 5.41) is 7.51. The first kappa shape index (κ1) is 23.1. The number of hydrogen-bond acceptors (Lipinski definition) is 4. The SMILES string of the molecule is Cc1nn(Cc2ccccc2)c(C)c1CNC(=O)[C@H]1CCCN1S(=O)(=O)c1ccc(F)cc1. The minimum Gasteiger partial charge on any atom is -0.350 e. The number of sulfonamides is 1. The molecule has 4 rings (SSSR count). The fourth-order valence-electron chi connectivity index (χ4n) is 4.23. The van der Waals surface area contributed by atoms with Gasteiger partial charge >= 0.3 is 0 Å². The average molecular weight is 471 g/mol. The Labute approximate surface area is 193 Å². The normalized spacial score (nSPS) is 16.8. The molecule has 2 heterocycles. The van der Waals surface area contributed by atoms with Gasteiger partial charge in [0.1, 0.15) is 11.9 Å². The summed E-state index contributed by atoms with van der Waals surface area (Å²) in [5.74, 6) is -0.851. The Morgan fingerprint density at radius 2 is 1.82 bits per heavy atom. The van der Waals surface area contributed by atoms with Crippen molar-refractivity contribution in [2.45, 2.75) is 50.7 Å². The molecule has 1 aliphatic rings. The van der Waals surface area contributed by atoms with Crippen LogP contribution < -0.4 is 5.32 Å². The van der Waals surface area contributed by atoms with Crippen molar-refractivity contribution in [1.82, 2.24) is 19.4 Å². The van der Waals surface area contributed by atoms with Gasteiger partial charge in [0.25, 0.3) is 0 Å². The van der Waals surface area contributed by atoms with Gasteiger partial charge in [0.15, 0.2) is 0 Å². The maximum atomic E-state index is 13.2. The molecule has 0 saturated carbocycles. The van der Waals surface area contributed by atoms with Crippen molar-refractivity contribution in [3.05, 3.63) is 82.9 Å². The number of aryl methyl sites for hydroxylation is 1. The molecular weight excluding hydrogens is 443 g/mol. The van der Waals surface area contributed by atoms with E-state index >= 15 is 0 Å². The molecule has 3 aromatic rings. The minimum atomic E-state index is -3.89. The molecule has 1 fully saturated rings. The molecule has 1 N–H and O–H groups in total. The lowest BCUT2D eigenvalue weighted by atomic mass is 10.1. The van der Waals surface area contributed by atoms with Crippen molar-refractivity contribution in [1.29, 1.82) is 0 Å². The highest BCUT2D eigenvalue weighted by Gasteiger charge is 2.39. The lowest BCUT2D eigenvalue weighted by Gasteiger charge is -2.23. The summed E-state index contributed by atoms with van der Waals surface area (Å²) in [6.45, 7) is 5.02. The van der Waals surface area contributed by atoms with Crippen molar-refractivity contribution in [3.8, 4) is 0 Å². The Bertz CT molecular complexity index is 1240. The summed E-state index contributed by atoms with van der Waals surface area (Å²) in [6.07, 6.45) is 1.03. The zero-order chi connectivity index (χ0) is 23.6. The van der Waals surface area contributed by atoms with E-state index in [2.05, 4.69) is 10.4 Å². The third kappa shape index (κ3) is 4.84. The molecule has 1 aromatic heterocycles. The molecule has 33 heavy (non-hydrogen) atoms. The highest BCUT2D eigenvalue weighted by Crippen LogP contribution is 2.26. The number of amides is 1.